The molecule has 0 spiro atoms. The summed E-state index contributed by atoms with van der Waals surface area (Å²) in [6, 6.07) is 22.3. The number of hydrogen-bond acceptors (Lipinski definition) is 14. The number of benzene rings is 4. The van der Waals surface area contributed by atoms with E-state index >= 15 is 0 Å². The van der Waals surface area contributed by atoms with E-state index in [0.29, 0.717) is 62.2 Å². The van der Waals surface area contributed by atoms with Gasteiger partial charge in [0, 0.05) is 98.9 Å². The number of amides is 2. The van der Waals surface area contributed by atoms with E-state index in [4.69, 9.17) is 4.74 Å². The van der Waals surface area contributed by atoms with Crippen LogP contribution in [0.5, 0.6) is 0 Å². The molecule has 5 N–H and O–H groups in total. The average molecular weight is 1100 g/mol. The largest absolute Gasteiger partial charge is 0.416 e. The lowest BCUT2D eigenvalue weighted by Gasteiger charge is -2.26. The van der Waals surface area contributed by atoms with Crippen molar-refractivity contribution in [1.29, 1.82) is 0 Å². The summed E-state index contributed by atoms with van der Waals surface area (Å²) in [4.78, 5) is 44.8. The topological polar surface area (TPSA) is 211 Å². The Morgan fingerprint density at radius 3 is 1.62 bits per heavy atom. The number of carbonyl (C=O) groups is 2. The number of ether oxygens (including phenoxy) is 1. The fourth-order valence-electron chi connectivity index (χ4n) is 7.95. The lowest BCUT2D eigenvalue weighted by Crippen LogP contribution is -2.39. The Hall–Kier alpha value is -8.55. The van der Waals surface area contributed by atoms with Gasteiger partial charge in [-0.05, 0) is 91.7 Å². The summed E-state index contributed by atoms with van der Waals surface area (Å²) >= 11 is 0. The molecule has 1 aliphatic heterocycles. The average Bonchev–Trinajstić information content (AvgIpc) is 4.03. The number of aryl methyl sites for hydroxylation is 4. The quantitative estimate of drug-likeness (QED) is 0.0478. The minimum absolute atomic E-state index is 0.0926. The van der Waals surface area contributed by atoms with Gasteiger partial charge in [0.25, 0.3) is 11.8 Å². The molecular formula is C53H52F6N14O4S. The summed E-state index contributed by atoms with van der Waals surface area (Å²) in [5, 5.41) is 24.6. The number of nitrogens with zero attached hydrogens (tertiary/aromatic N) is 9. The van der Waals surface area contributed by atoms with E-state index in [2.05, 4.69) is 61.6 Å². The second-order valence-corrected chi connectivity index (χ2v) is 19.2. The molecule has 0 aliphatic carbocycles. The maximum Gasteiger partial charge on any atom is 0.416 e. The van der Waals surface area contributed by atoms with Gasteiger partial charge < -0.3 is 31.3 Å². The number of halogens is 6. The highest BCUT2D eigenvalue weighted by Crippen LogP contribution is 2.35. The predicted octanol–water partition coefficient (Wildman–Crippen LogP) is 9.88. The van der Waals surface area contributed by atoms with Crippen LogP contribution in [0, 0.1) is 13.8 Å². The summed E-state index contributed by atoms with van der Waals surface area (Å²) in [7, 11) is 2.26. The molecule has 4 aromatic carbocycles. The molecule has 78 heavy (non-hydrogen) atoms. The van der Waals surface area contributed by atoms with Crippen LogP contribution in [-0.4, -0.2) is 106 Å². The normalized spacial score (nSPS) is 13.2. The number of carbonyl (C=O) groups excluding carboxylic acids is 2. The van der Waals surface area contributed by atoms with Crippen LogP contribution >= 0.6 is 0 Å². The van der Waals surface area contributed by atoms with Gasteiger partial charge >= 0.3 is 12.4 Å². The molecule has 1 fully saturated rings. The second kappa shape index (κ2) is 24.2. The minimum Gasteiger partial charge on any atom is -0.379 e. The Balaban J connectivity index is 0.000000208. The Morgan fingerprint density at radius 1 is 0.641 bits per heavy atom. The Bertz CT molecular complexity index is 3470. The molecule has 5 heterocycles. The van der Waals surface area contributed by atoms with Gasteiger partial charge in [-0.15, -0.1) is 0 Å². The van der Waals surface area contributed by atoms with Crippen LogP contribution in [0.25, 0.3) is 22.5 Å². The summed E-state index contributed by atoms with van der Waals surface area (Å²) < 4.78 is 98.8. The van der Waals surface area contributed by atoms with Crippen LogP contribution in [0.2, 0.25) is 0 Å². The van der Waals surface area contributed by atoms with Gasteiger partial charge in [0.05, 0.1) is 57.7 Å². The molecule has 0 saturated carbocycles. The van der Waals surface area contributed by atoms with E-state index in [1.54, 1.807) is 72.1 Å². The highest BCUT2D eigenvalue weighted by molar-refractivity contribution is 7.84. The summed E-state index contributed by atoms with van der Waals surface area (Å²) in [5.74, 6) is 0.381. The van der Waals surface area contributed by atoms with Gasteiger partial charge in [-0.2, -0.15) is 36.5 Å². The number of alkyl halides is 6. The maximum absolute atomic E-state index is 13.1. The van der Waals surface area contributed by atoms with Crippen LogP contribution in [0.3, 0.4) is 0 Å². The van der Waals surface area contributed by atoms with E-state index in [1.165, 1.54) is 43.2 Å². The lowest BCUT2D eigenvalue weighted by molar-refractivity contribution is -0.138. The van der Waals surface area contributed by atoms with Crippen LogP contribution in [0.1, 0.15) is 43.0 Å². The molecule has 25 heteroatoms. The van der Waals surface area contributed by atoms with E-state index in [9.17, 15) is 40.1 Å². The highest BCUT2D eigenvalue weighted by atomic mass is 32.2. The molecule has 9 rings (SSSR count). The van der Waals surface area contributed by atoms with Crippen molar-refractivity contribution in [2.45, 2.75) is 31.2 Å². The van der Waals surface area contributed by atoms with E-state index in [0.717, 1.165) is 80.3 Å². The molecule has 0 radical (unpaired) electrons. The number of hydrogen-bond donors (Lipinski definition) is 5. The van der Waals surface area contributed by atoms with Crippen molar-refractivity contribution in [2.24, 2.45) is 14.1 Å². The van der Waals surface area contributed by atoms with Crippen molar-refractivity contribution in [1.82, 2.24) is 44.4 Å². The Kier molecular flexibility index (Phi) is 17.3. The number of anilines is 7. The predicted molar refractivity (Wildman–Crippen MR) is 284 cm³/mol. The molecule has 406 valence electrons. The van der Waals surface area contributed by atoms with E-state index in [-0.39, 0.29) is 11.1 Å². The zero-order chi connectivity index (χ0) is 55.7. The van der Waals surface area contributed by atoms with Crippen molar-refractivity contribution >= 4 is 62.8 Å². The molecule has 1 atom stereocenters. The smallest absolute Gasteiger partial charge is 0.379 e. The van der Waals surface area contributed by atoms with Crippen LogP contribution in [0.15, 0.2) is 127 Å². The zero-order valence-corrected chi connectivity index (χ0v) is 43.4. The SMILES string of the molecule is Cc1ccc(NC(=O)c2cccc(C(F)(F)F)c2)cc1Nc1nn(C)cc1-c1cc(NCCN2CCOCC2)ncn1.Cc1ccc(NC(=O)c2cccc(C(F)(F)F)c2)cc1Nc1nn(C)cc1-c1cc(S(C)=O)ncn1. The Morgan fingerprint density at radius 2 is 1.13 bits per heavy atom. The first-order chi connectivity index (χ1) is 37.2. The van der Waals surface area contributed by atoms with Crippen molar-refractivity contribution in [2.75, 3.05) is 72.2 Å². The minimum atomic E-state index is -4.55. The number of nitrogens with one attached hydrogen (secondary N) is 5. The Labute approximate surface area is 446 Å². The molecule has 1 unspecified atom stereocenters. The van der Waals surface area contributed by atoms with Crippen molar-refractivity contribution in [3.05, 3.63) is 155 Å². The van der Waals surface area contributed by atoms with Crippen molar-refractivity contribution in [3.63, 3.8) is 0 Å². The van der Waals surface area contributed by atoms with Crippen molar-refractivity contribution in [3.8, 4) is 22.5 Å². The monoisotopic (exact) mass is 1090 g/mol. The number of morpholine rings is 1. The lowest BCUT2D eigenvalue weighted by atomic mass is 10.1. The van der Waals surface area contributed by atoms with Gasteiger partial charge in [0.1, 0.15) is 23.5 Å². The summed E-state index contributed by atoms with van der Waals surface area (Å²) in [6.07, 6.45) is -1.14. The third kappa shape index (κ3) is 14.5. The molecule has 8 aromatic rings. The van der Waals surface area contributed by atoms with Crippen molar-refractivity contribution < 1.29 is 44.9 Å². The van der Waals surface area contributed by atoms with Crippen LogP contribution < -0.4 is 26.6 Å². The molecule has 18 nitrogen and oxygen atoms in total. The number of aromatic nitrogens is 8. The molecule has 2 amide bonds. The van der Waals surface area contributed by atoms with E-state index in [1.807, 2.05) is 26.1 Å². The third-order valence-corrected chi connectivity index (χ3v) is 12.9. The molecule has 4 aromatic heterocycles. The highest BCUT2D eigenvalue weighted by Gasteiger charge is 2.32. The van der Waals surface area contributed by atoms with Gasteiger partial charge in [-0.3, -0.25) is 28.1 Å². The molecule has 1 aliphatic rings. The third-order valence-electron chi connectivity index (χ3n) is 12.1. The molecule has 1 saturated heterocycles. The van der Waals surface area contributed by atoms with Gasteiger partial charge in [0.15, 0.2) is 11.6 Å². The van der Waals surface area contributed by atoms with Gasteiger partial charge in [0.2, 0.25) is 0 Å². The molecule has 0 bridgehead atoms. The standard InChI is InChI=1S/C29H31F3N8O2.C24H21F3N6O2S/c1-19-6-7-22(36-28(41)20-4-3-5-21(14-20)29(30,31)32)15-24(19)37-27-23(17-39(2)38-27)25-16-26(35-18-34-25)33-8-9-40-10-12-42-13-11-40;1-14-7-8-17(30-23(34)15-5-4-6-16(9-15)24(25,26)27)10-19(14)31-22-18(12-33(2)32-22)20-11-21(36(3)35)29-13-28-20/h3-7,14-18H,8-13H2,1-2H3,(H,36,41)(H,37,38)(H,33,34,35);4-13H,1-3H3,(H,30,34)(H,31,32). The fourth-order valence-corrected chi connectivity index (χ4v) is 8.43. The first-order valence-electron chi connectivity index (χ1n) is 24.0. The van der Waals surface area contributed by atoms with Crippen LogP contribution in [-0.2, 0) is 42.0 Å². The first kappa shape index (κ1) is 55.7. The fraction of sp³-hybridized carbons (Fsp3) is 0.245. The van der Waals surface area contributed by atoms with Gasteiger partial charge in [-0.1, -0.05) is 24.3 Å². The zero-order valence-electron chi connectivity index (χ0n) is 42.6. The first-order valence-corrected chi connectivity index (χ1v) is 25.5. The molecular weight excluding hydrogens is 1040 g/mol. The summed E-state index contributed by atoms with van der Waals surface area (Å²) in [6.45, 7) is 8.68. The van der Waals surface area contributed by atoms with Gasteiger partial charge in [-0.25, -0.2) is 19.9 Å². The number of rotatable bonds is 15. The van der Waals surface area contributed by atoms with E-state index < -0.39 is 46.1 Å². The maximum atomic E-state index is 13.1. The van der Waals surface area contributed by atoms with Crippen LogP contribution in [0.4, 0.5) is 66.5 Å². The second-order valence-electron chi connectivity index (χ2n) is 17.9. The summed E-state index contributed by atoms with van der Waals surface area (Å²) in [5.41, 5.74) is 4.37.